The predicted octanol–water partition coefficient (Wildman–Crippen LogP) is 0.127. The quantitative estimate of drug-likeness (QED) is 0.298. The molecule has 1 saturated heterocycles. The van der Waals surface area contributed by atoms with Crippen molar-refractivity contribution >= 4 is 34.5 Å². The van der Waals surface area contributed by atoms with E-state index in [1.54, 1.807) is 7.05 Å². The zero-order chi connectivity index (χ0) is 24.6. The molecule has 1 aliphatic heterocycles. The Morgan fingerprint density at radius 1 is 1.12 bits per heavy atom. The van der Waals surface area contributed by atoms with Gasteiger partial charge in [0.2, 0.25) is 0 Å². The molecule has 17 nitrogen and oxygen atoms in total. The summed E-state index contributed by atoms with van der Waals surface area (Å²) in [5, 5.41) is 12.2. The molecule has 4 atom stereocenters. The second-order valence-electron chi connectivity index (χ2n) is 6.69. The van der Waals surface area contributed by atoms with Crippen LogP contribution in [0.1, 0.15) is 25.3 Å². The summed E-state index contributed by atoms with van der Waals surface area (Å²) in [6.45, 7) is 1.25. The summed E-state index contributed by atoms with van der Waals surface area (Å²) in [5.74, 6) is 0. The monoisotopic (exact) mass is 531 g/mol. The molecule has 20 heteroatoms. The second-order valence-corrected chi connectivity index (χ2v) is 11.1. The third-order valence-electron chi connectivity index (χ3n) is 4.09. The zero-order valence-electron chi connectivity index (χ0n) is 17.1. The number of nitrogens with zero attached hydrogens (tertiary/aromatic N) is 5. The van der Waals surface area contributed by atoms with Gasteiger partial charge in [0, 0.05) is 19.9 Å². The first-order valence-electron chi connectivity index (χ1n) is 9.14. The average molecular weight is 531 g/mol. The smallest absolute Gasteiger partial charge is 0.350 e. The van der Waals surface area contributed by atoms with Gasteiger partial charge in [0.1, 0.15) is 5.52 Å². The number of hydrogen-bond acceptors (Lipinski definition) is 11. The Labute approximate surface area is 185 Å². The standard InChI is InChI=1S/C13H20N5O12P3/c1-3-4-9-11-12(17(2)15-9)13(19)18(16-14-11)10-6-5-8(28-10)7-27-32(23,24)30-33(25,26)29-31(20,21)22/h5-6,8,10H,3-4,7H2,1-2H3,(H,23,24)(H,25,26)(H2,20,21,22). The topological polar surface area (TPSA) is 235 Å². The molecule has 0 aliphatic carbocycles. The summed E-state index contributed by atoms with van der Waals surface area (Å²) in [4.78, 5) is 48.5. The van der Waals surface area contributed by atoms with E-state index in [0.29, 0.717) is 17.6 Å². The molecule has 4 unspecified atom stereocenters. The van der Waals surface area contributed by atoms with Crippen molar-refractivity contribution in [1.82, 2.24) is 24.8 Å². The molecule has 0 saturated carbocycles. The van der Waals surface area contributed by atoms with Crippen LogP contribution in [0.4, 0.5) is 0 Å². The lowest BCUT2D eigenvalue weighted by Gasteiger charge is -2.18. The number of aryl methyl sites for hydroxylation is 2. The van der Waals surface area contributed by atoms with Gasteiger partial charge >= 0.3 is 23.5 Å². The minimum atomic E-state index is -5.63. The summed E-state index contributed by atoms with van der Waals surface area (Å²) in [5.41, 5.74) is 0.665. The number of rotatable bonds is 10. The highest BCUT2D eigenvalue weighted by Gasteiger charge is 2.41. The molecule has 0 aromatic carbocycles. The lowest BCUT2D eigenvalue weighted by molar-refractivity contribution is -0.0168. The van der Waals surface area contributed by atoms with Crippen LogP contribution in [0.3, 0.4) is 0 Å². The normalized spacial score (nSPS) is 23.0. The fourth-order valence-corrected chi connectivity index (χ4v) is 5.95. The van der Waals surface area contributed by atoms with Gasteiger partial charge in [-0.15, -0.1) is 5.10 Å². The van der Waals surface area contributed by atoms with Crippen LogP contribution in [0.2, 0.25) is 0 Å². The zero-order valence-corrected chi connectivity index (χ0v) is 19.7. The fourth-order valence-electron chi connectivity index (χ4n) is 2.92. The van der Waals surface area contributed by atoms with Crippen LogP contribution >= 0.6 is 23.5 Å². The number of ether oxygens (including phenoxy) is 1. The second kappa shape index (κ2) is 9.72. The Morgan fingerprint density at radius 2 is 1.82 bits per heavy atom. The first kappa shape index (κ1) is 26.3. The molecule has 4 N–H and O–H groups in total. The number of phosphoric ester groups is 1. The van der Waals surface area contributed by atoms with Gasteiger partial charge in [0.25, 0.3) is 5.56 Å². The Balaban J connectivity index is 1.66. The number of aromatic nitrogens is 5. The molecule has 2 radical (unpaired) electrons. The summed E-state index contributed by atoms with van der Waals surface area (Å²) in [6, 6.07) is 0. The van der Waals surface area contributed by atoms with E-state index in [1.807, 2.05) is 6.92 Å². The summed E-state index contributed by atoms with van der Waals surface area (Å²) >= 11 is 0. The van der Waals surface area contributed by atoms with Crippen molar-refractivity contribution in [3.63, 3.8) is 0 Å². The van der Waals surface area contributed by atoms with Crippen LogP contribution in [-0.2, 0) is 45.0 Å². The van der Waals surface area contributed by atoms with Gasteiger partial charge < -0.3 is 24.3 Å². The molecule has 3 heterocycles. The molecule has 184 valence electrons. The highest BCUT2D eigenvalue weighted by molar-refractivity contribution is 7.66. The lowest BCUT2D eigenvalue weighted by atomic mass is 10.2. The van der Waals surface area contributed by atoms with E-state index in [0.717, 1.165) is 11.1 Å². The molecular weight excluding hydrogens is 511 g/mol. The molecule has 0 amide bonds. The Morgan fingerprint density at radius 3 is 2.45 bits per heavy atom. The summed E-state index contributed by atoms with van der Waals surface area (Å²) < 4.78 is 53.3. The van der Waals surface area contributed by atoms with Crippen molar-refractivity contribution in [2.24, 2.45) is 7.05 Å². The third kappa shape index (κ3) is 6.62. The maximum Gasteiger partial charge on any atom is 0.490 e. The van der Waals surface area contributed by atoms with E-state index in [-0.39, 0.29) is 5.52 Å². The van der Waals surface area contributed by atoms with E-state index < -0.39 is 48.0 Å². The molecule has 2 aromatic rings. The van der Waals surface area contributed by atoms with Crippen LogP contribution in [0, 0.1) is 12.8 Å². The van der Waals surface area contributed by atoms with E-state index >= 15 is 0 Å². The molecule has 33 heavy (non-hydrogen) atoms. The van der Waals surface area contributed by atoms with Gasteiger partial charge in [-0.1, -0.05) is 18.6 Å². The highest BCUT2D eigenvalue weighted by atomic mass is 31.3. The highest BCUT2D eigenvalue weighted by Crippen LogP contribution is 2.66. The van der Waals surface area contributed by atoms with Crippen molar-refractivity contribution in [3.8, 4) is 0 Å². The minimum Gasteiger partial charge on any atom is -0.350 e. The predicted molar refractivity (Wildman–Crippen MR) is 107 cm³/mol. The van der Waals surface area contributed by atoms with E-state index in [1.165, 1.54) is 17.5 Å². The van der Waals surface area contributed by atoms with E-state index in [9.17, 15) is 23.4 Å². The van der Waals surface area contributed by atoms with E-state index in [4.69, 9.17) is 19.4 Å². The van der Waals surface area contributed by atoms with Gasteiger partial charge in [-0.25, -0.2) is 13.7 Å². The Kier molecular flexibility index (Phi) is 7.73. The van der Waals surface area contributed by atoms with Crippen molar-refractivity contribution in [2.75, 3.05) is 6.61 Å². The number of hydrogen-bond donors (Lipinski definition) is 4. The average Bonchev–Trinajstić information content (AvgIpc) is 3.23. The van der Waals surface area contributed by atoms with Gasteiger partial charge in [0.15, 0.2) is 11.7 Å². The van der Waals surface area contributed by atoms with Crippen LogP contribution in [-0.4, -0.2) is 57.1 Å². The number of phosphoric acid groups is 3. The maximum absolute atomic E-state index is 12.9. The molecule has 0 spiro atoms. The van der Waals surface area contributed by atoms with Crippen molar-refractivity contribution in [3.05, 3.63) is 28.9 Å². The van der Waals surface area contributed by atoms with Crippen molar-refractivity contribution < 1.29 is 51.2 Å². The maximum atomic E-state index is 12.9. The molecule has 0 bridgehead atoms. The Hall–Kier alpha value is -1.35. The van der Waals surface area contributed by atoms with Crippen LogP contribution in [0.15, 0.2) is 4.79 Å². The van der Waals surface area contributed by atoms with Crippen LogP contribution < -0.4 is 5.56 Å². The van der Waals surface area contributed by atoms with Crippen LogP contribution in [0.5, 0.6) is 0 Å². The first-order chi connectivity index (χ1) is 15.2. The molecule has 1 aliphatic rings. The van der Waals surface area contributed by atoms with Crippen molar-refractivity contribution in [1.29, 1.82) is 0 Å². The SMILES string of the molecule is CCCc1nn(C)c2c(=O)n(C3[CH][CH]C(COP(=O)(O)OP(=O)(O)OP(=O)(O)O)O3)nnc12. The molecular formula is C13H20N5O12P3. The van der Waals surface area contributed by atoms with Crippen molar-refractivity contribution in [2.45, 2.75) is 32.1 Å². The molecule has 2 aromatic heterocycles. The Bertz CT molecular complexity index is 1220. The molecule has 1 fully saturated rings. The van der Waals surface area contributed by atoms with E-state index in [2.05, 4.69) is 28.6 Å². The largest absolute Gasteiger partial charge is 0.490 e. The first-order valence-corrected chi connectivity index (χ1v) is 13.7. The van der Waals surface area contributed by atoms with Gasteiger partial charge in [-0.05, 0) is 6.42 Å². The fraction of sp³-hybridized carbons (Fsp3) is 0.538. The number of fused-ring (bicyclic) bond motifs is 1. The minimum absolute atomic E-state index is 0.210. The van der Waals surface area contributed by atoms with Gasteiger partial charge in [0.05, 0.1) is 18.4 Å². The lowest BCUT2D eigenvalue weighted by Crippen LogP contribution is -2.30. The van der Waals surface area contributed by atoms with Gasteiger partial charge in [-0.2, -0.15) is 18.4 Å². The van der Waals surface area contributed by atoms with Gasteiger partial charge in [-0.3, -0.25) is 14.0 Å². The third-order valence-corrected chi connectivity index (χ3v) is 7.90. The molecule has 3 rings (SSSR count). The summed E-state index contributed by atoms with van der Waals surface area (Å²) in [6.07, 6.45) is 2.09. The van der Waals surface area contributed by atoms with Crippen LogP contribution in [0.25, 0.3) is 11.0 Å². The summed E-state index contributed by atoms with van der Waals surface area (Å²) in [7, 11) is -14.8.